The van der Waals surface area contributed by atoms with E-state index in [1.54, 1.807) is 0 Å². The highest BCUT2D eigenvalue weighted by molar-refractivity contribution is 7.47. The van der Waals surface area contributed by atoms with Gasteiger partial charge in [0.1, 0.15) is 11.9 Å². The highest BCUT2D eigenvalue weighted by atomic mass is 31.1. The molecule has 4 heteroatoms. The molecule has 1 rings (SSSR count). The van der Waals surface area contributed by atoms with Crippen LogP contribution in [0.2, 0.25) is 0 Å². The molecule has 3 unspecified atom stereocenters. The quantitative estimate of drug-likeness (QED) is 0.443. The van der Waals surface area contributed by atoms with Crippen LogP contribution in [0.25, 0.3) is 0 Å². The molecule has 0 aromatic carbocycles. The zero-order chi connectivity index (χ0) is 6.85. The second-order valence-corrected chi connectivity index (χ2v) is 3.96. The van der Waals surface area contributed by atoms with Crippen LogP contribution in [0.5, 0.6) is 0 Å². The summed E-state index contributed by atoms with van der Waals surface area (Å²) < 4.78 is 0. The summed E-state index contributed by atoms with van der Waals surface area (Å²) in [6, 6.07) is 0. The van der Waals surface area contributed by atoms with Crippen molar-refractivity contribution in [1.29, 1.82) is 0 Å². The van der Waals surface area contributed by atoms with Gasteiger partial charge in [0.15, 0.2) is 0 Å². The van der Waals surface area contributed by atoms with Crippen molar-refractivity contribution < 1.29 is 10.1 Å². The number of hydrogen-bond acceptors (Lipinski definition) is 2. The van der Waals surface area contributed by atoms with Crippen LogP contribution < -0.4 is 5.23 Å². The smallest absolute Gasteiger partial charge is 0.136 e. The third-order valence-electron chi connectivity index (χ3n) is 1.04. The molecule has 0 bridgehead atoms. The molecule has 0 aromatic heterocycles. The maximum Gasteiger partial charge on any atom is 0.136 e. The van der Waals surface area contributed by atoms with Crippen LogP contribution in [0, 0.1) is 5.21 Å². The van der Waals surface area contributed by atoms with Crippen LogP contribution in [0.1, 0.15) is 13.8 Å². The van der Waals surface area contributed by atoms with Gasteiger partial charge in [0.2, 0.25) is 0 Å². The highest BCUT2D eigenvalue weighted by Gasteiger charge is 2.30. The molecule has 0 spiro atoms. The van der Waals surface area contributed by atoms with Crippen LogP contribution in [-0.4, -0.2) is 18.0 Å². The van der Waals surface area contributed by atoms with Gasteiger partial charge in [-0.2, -0.15) is 0 Å². The van der Waals surface area contributed by atoms with Gasteiger partial charge in [-0.25, -0.2) is 10.1 Å². The molecule has 54 valence electrons. The lowest BCUT2D eigenvalue weighted by molar-refractivity contribution is -1.06. The van der Waals surface area contributed by atoms with Crippen LogP contribution in [0.3, 0.4) is 0 Å². The highest BCUT2D eigenvalue weighted by Crippen LogP contribution is 2.32. The Morgan fingerprint density at radius 2 is 2.33 bits per heavy atom. The summed E-state index contributed by atoms with van der Waals surface area (Å²) in [7, 11) is 0.830. The van der Waals surface area contributed by atoms with E-state index in [0.717, 1.165) is 14.7 Å². The number of quaternary nitrogens is 1. The molecule has 1 aliphatic rings. The Labute approximate surface area is 56.7 Å². The van der Waals surface area contributed by atoms with Gasteiger partial charge in [0.25, 0.3) is 0 Å². The second-order valence-electron chi connectivity index (χ2n) is 2.45. The summed E-state index contributed by atoms with van der Waals surface area (Å²) in [6.45, 7) is 3.76. The van der Waals surface area contributed by atoms with Gasteiger partial charge < -0.3 is 5.21 Å². The summed E-state index contributed by atoms with van der Waals surface area (Å²) in [4.78, 5) is 4.94. The molecule has 0 aromatic rings. The van der Waals surface area contributed by atoms with E-state index in [1.165, 1.54) is 0 Å². The molecule has 1 aliphatic heterocycles. The summed E-state index contributed by atoms with van der Waals surface area (Å²) >= 11 is 0. The first kappa shape index (κ1) is 7.42. The molecule has 0 radical (unpaired) electrons. The van der Waals surface area contributed by atoms with Crippen molar-refractivity contribution in [1.82, 2.24) is 0 Å². The molecule has 1 fully saturated rings. The second kappa shape index (κ2) is 2.93. The fraction of sp³-hybridized carbons (Fsp3) is 1.00. The van der Waals surface area contributed by atoms with Crippen molar-refractivity contribution in [3.05, 3.63) is 5.21 Å². The average molecular weight is 149 g/mol. The summed E-state index contributed by atoms with van der Waals surface area (Å²) in [5.74, 6) is 0.271. The summed E-state index contributed by atoms with van der Waals surface area (Å²) in [5, 5.41) is 10.8. The fourth-order valence-corrected chi connectivity index (χ4v) is 1.06. The van der Waals surface area contributed by atoms with E-state index in [1.807, 2.05) is 13.8 Å². The molecule has 0 aliphatic carbocycles. The van der Waals surface area contributed by atoms with E-state index in [4.69, 9.17) is 4.84 Å². The van der Waals surface area contributed by atoms with E-state index < -0.39 is 0 Å². The van der Waals surface area contributed by atoms with Gasteiger partial charge in [-0.1, -0.05) is 0 Å². The molecule has 1 N–H and O–H groups in total. The lowest BCUT2D eigenvalue weighted by Gasteiger charge is -2.20. The minimum atomic E-state index is 0.00309. The van der Waals surface area contributed by atoms with Gasteiger partial charge in [0.05, 0.1) is 0 Å². The van der Waals surface area contributed by atoms with Crippen molar-refractivity contribution in [3.8, 4) is 0 Å². The Balaban J connectivity index is 2.10. The van der Waals surface area contributed by atoms with Crippen molar-refractivity contribution in [2.24, 2.45) is 0 Å². The Hall–Kier alpha value is 0.310. The molecule has 0 saturated carbocycles. The standard InChI is InChI=1S/C5H12NO2P/c1-4(2)8-6(7)5-3-9-5/h4-6,9H,3H2,1-2H3. The predicted molar refractivity (Wildman–Crippen MR) is 37.5 cm³/mol. The Morgan fingerprint density at radius 1 is 1.78 bits per heavy atom. The van der Waals surface area contributed by atoms with Crippen molar-refractivity contribution in [2.75, 3.05) is 6.16 Å². The van der Waals surface area contributed by atoms with E-state index in [0.29, 0.717) is 0 Å². The maximum atomic E-state index is 10.8. The van der Waals surface area contributed by atoms with Crippen LogP contribution in [0.15, 0.2) is 0 Å². The van der Waals surface area contributed by atoms with Gasteiger partial charge in [-0.05, 0) is 22.4 Å². The van der Waals surface area contributed by atoms with Gasteiger partial charge in [0, 0.05) is 6.16 Å². The fourth-order valence-electron chi connectivity index (χ4n) is 0.540. The molecule has 0 amide bonds. The lowest BCUT2D eigenvalue weighted by atomic mass is 10.5. The Kier molecular flexibility index (Phi) is 2.42. The van der Waals surface area contributed by atoms with Gasteiger partial charge in [-0.15, -0.1) is 0 Å². The third kappa shape index (κ3) is 2.59. The Bertz CT molecular complexity index is 95.0. The normalized spacial score (nSPS) is 31.3. The number of hydrogen-bond donors (Lipinski definition) is 1. The number of hydroxylamine groups is 2. The van der Waals surface area contributed by atoms with Crippen LogP contribution in [-0.2, 0) is 4.84 Å². The topological polar surface area (TPSA) is 36.7 Å². The molecule has 9 heavy (non-hydrogen) atoms. The predicted octanol–water partition coefficient (Wildman–Crippen LogP) is -0.273. The largest absolute Gasteiger partial charge is 0.599 e. The molecular weight excluding hydrogens is 137 g/mol. The zero-order valence-corrected chi connectivity index (χ0v) is 6.68. The van der Waals surface area contributed by atoms with Crippen LogP contribution in [0.4, 0.5) is 0 Å². The molecule has 1 heterocycles. The minimum Gasteiger partial charge on any atom is -0.599 e. The maximum absolute atomic E-state index is 10.8. The first-order chi connectivity index (χ1) is 4.20. The van der Waals surface area contributed by atoms with Crippen molar-refractivity contribution >= 4 is 8.58 Å². The van der Waals surface area contributed by atoms with Crippen molar-refractivity contribution in [2.45, 2.75) is 25.7 Å². The average Bonchev–Trinajstić information content (AvgIpc) is 2.40. The van der Waals surface area contributed by atoms with Gasteiger partial charge in [-0.3, -0.25) is 0 Å². The minimum absolute atomic E-state index is 0.00309. The molecule has 3 nitrogen and oxygen atoms in total. The van der Waals surface area contributed by atoms with Crippen LogP contribution >= 0.6 is 8.58 Å². The van der Waals surface area contributed by atoms with E-state index >= 15 is 0 Å². The van der Waals surface area contributed by atoms with Crippen molar-refractivity contribution in [3.63, 3.8) is 0 Å². The number of nitrogens with one attached hydrogen (secondary N) is 1. The lowest BCUT2D eigenvalue weighted by Crippen LogP contribution is -3.08. The first-order valence-corrected chi connectivity index (χ1v) is 4.42. The Morgan fingerprint density at radius 3 is 2.67 bits per heavy atom. The summed E-state index contributed by atoms with van der Waals surface area (Å²) in [5.41, 5.74) is 0. The molecule has 1 saturated heterocycles. The SMILES string of the molecule is CC(C)O[NH+]([O-])C1CP1. The monoisotopic (exact) mass is 149 g/mol. The van der Waals surface area contributed by atoms with E-state index in [9.17, 15) is 5.21 Å². The van der Waals surface area contributed by atoms with E-state index in [-0.39, 0.29) is 17.1 Å². The summed E-state index contributed by atoms with van der Waals surface area (Å²) in [6.07, 6.45) is 1.12. The zero-order valence-electron chi connectivity index (χ0n) is 5.68. The molecule has 3 atom stereocenters. The van der Waals surface area contributed by atoms with E-state index in [2.05, 4.69) is 0 Å². The molecular formula is C5H12NO2P. The number of rotatable bonds is 3. The first-order valence-electron chi connectivity index (χ1n) is 3.14. The third-order valence-corrected chi connectivity index (χ3v) is 2.10. The van der Waals surface area contributed by atoms with Gasteiger partial charge >= 0.3 is 0 Å².